The predicted molar refractivity (Wildman–Crippen MR) is 147 cm³/mol. The van der Waals surface area contributed by atoms with Crippen LogP contribution in [0.3, 0.4) is 0 Å². The second kappa shape index (κ2) is 11.5. The Hall–Kier alpha value is -3.88. The normalized spacial score (nSPS) is 16.2. The molecule has 2 amide bonds. The summed E-state index contributed by atoms with van der Waals surface area (Å²) in [7, 11) is -0.550. The number of nitrogens with one attached hydrogen (secondary N) is 3. The van der Waals surface area contributed by atoms with Gasteiger partial charge in [-0.1, -0.05) is 0 Å². The Morgan fingerprint density at radius 3 is 2.46 bits per heavy atom. The van der Waals surface area contributed by atoms with Crippen LogP contribution in [0.2, 0.25) is 0 Å². The summed E-state index contributed by atoms with van der Waals surface area (Å²) in [4.78, 5) is 27.8. The highest BCUT2D eigenvalue weighted by Gasteiger charge is 2.32. The van der Waals surface area contributed by atoms with Crippen LogP contribution in [0.5, 0.6) is 0 Å². The molecule has 1 fully saturated rings. The summed E-state index contributed by atoms with van der Waals surface area (Å²) in [5.74, 6) is -2.88. The van der Waals surface area contributed by atoms with Crippen LogP contribution in [-0.4, -0.2) is 68.6 Å². The van der Waals surface area contributed by atoms with Crippen LogP contribution in [0.25, 0.3) is 0 Å². The number of rotatable bonds is 7. The fourth-order valence-electron chi connectivity index (χ4n) is 4.89. The van der Waals surface area contributed by atoms with Crippen molar-refractivity contribution >= 4 is 39.0 Å². The van der Waals surface area contributed by atoms with Gasteiger partial charge in [-0.2, -0.15) is 9.40 Å². The van der Waals surface area contributed by atoms with Crippen molar-refractivity contribution in [3.05, 3.63) is 64.9 Å². The number of carbonyl (C=O) groups is 2. The minimum Gasteiger partial charge on any atom is -0.381 e. The fraction of sp³-hybridized carbons (Fsp3) is 0.370. The number of aromatic nitrogens is 2. The molecule has 0 spiro atoms. The first-order chi connectivity index (χ1) is 19.5. The molecule has 3 aromatic rings. The van der Waals surface area contributed by atoms with Crippen LogP contribution in [0, 0.1) is 17.6 Å². The molecule has 2 aliphatic rings. The zero-order valence-electron chi connectivity index (χ0n) is 22.5. The number of amides is 2. The molecule has 1 aromatic heterocycles. The van der Waals surface area contributed by atoms with E-state index in [4.69, 9.17) is 4.74 Å². The third-order valence-electron chi connectivity index (χ3n) is 7.22. The Morgan fingerprint density at radius 2 is 1.78 bits per heavy atom. The van der Waals surface area contributed by atoms with Gasteiger partial charge in [0.1, 0.15) is 11.6 Å². The standard InChI is InChI=1S/C27H30F2N6O5S/c1-34(2)19-3-4-21(24(14-19)30-26(36)16-6-9-40-10-7-16)27(37)31-25-22-15-35(8-5-23(22)32-33-25)41(38,39)20-12-17(28)11-18(29)13-20/h3-4,11-14,16H,5-10,15H2,1-2H3,(H,30,36)(H2,31,32,33,37). The predicted octanol–water partition coefficient (Wildman–Crippen LogP) is 3.12. The molecule has 218 valence electrons. The number of aromatic amines is 1. The number of halogens is 2. The first kappa shape index (κ1) is 28.6. The summed E-state index contributed by atoms with van der Waals surface area (Å²) in [6.45, 7) is 0.870. The molecule has 0 radical (unpaired) electrons. The lowest BCUT2D eigenvalue weighted by Gasteiger charge is -2.26. The van der Waals surface area contributed by atoms with Crippen LogP contribution in [0.4, 0.5) is 26.0 Å². The van der Waals surface area contributed by atoms with E-state index in [0.717, 1.165) is 22.1 Å². The molecule has 41 heavy (non-hydrogen) atoms. The number of fused-ring (bicyclic) bond motifs is 1. The van der Waals surface area contributed by atoms with E-state index >= 15 is 0 Å². The number of benzene rings is 2. The van der Waals surface area contributed by atoms with Crippen LogP contribution in [0.15, 0.2) is 41.3 Å². The van der Waals surface area contributed by atoms with Crippen LogP contribution < -0.4 is 15.5 Å². The van der Waals surface area contributed by atoms with E-state index in [-0.39, 0.29) is 42.7 Å². The van der Waals surface area contributed by atoms with E-state index in [9.17, 15) is 26.8 Å². The minimum absolute atomic E-state index is 0.0530. The second-order valence-electron chi connectivity index (χ2n) is 10.2. The molecule has 0 aliphatic carbocycles. The van der Waals surface area contributed by atoms with Crippen molar-refractivity contribution in [3.8, 4) is 0 Å². The largest absolute Gasteiger partial charge is 0.381 e. The molecule has 0 atom stereocenters. The van der Waals surface area contributed by atoms with Crippen LogP contribution in [0.1, 0.15) is 34.5 Å². The average molecular weight is 589 g/mol. The van der Waals surface area contributed by atoms with E-state index in [2.05, 4.69) is 20.8 Å². The van der Waals surface area contributed by atoms with Crippen molar-refractivity contribution in [2.45, 2.75) is 30.7 Å². The van der Waals surface area contributed by atoms with Crippen molar-refractivity contribution < 1.29 is 31.5 Å². The van der Waals surface area contributed by atoms with Gasteiger partial charge in [-0.3, -0.25) is 14.7 Å². The van der Waals surface area contributed by atoms with Crippen molar-refractivity contribution in [3.63, 3.8) is 0 Å². The minimum atomic E-state index is -4.23. The lowest BCUT2D eigenvalue weighted by atomic mass is 9.99. The number of H-pyrrole nitrogens is 1. The van der Waals surface area contributed by atoms with Gasteiger partial charge in [0.2, 0.25) is 15.9 Å². The zero-order chi connectivity index (χ0) is 29.3. The topological polar surface area (TPSA) is 137 Å². The van der Waals surface area contributed by atoms with E-state index in [0.29, 0.717) is 49.1 Å². The van der Waals surface area contributed by atoms with Crippen LogP contribution >= 0.6 is 0 Å². The zero-order valence-corrected chi connectivity index (χ0v) is 23.4. The summed E-state index contributed by atoms with van der Waals surface area (Å²) in [6, 6.07) is 7.17. The Kier molecular flexibility index (Phi) is 8.07. The SMILES string of the molecule is CN(C)c1ccc(C(=O)Nc2n[nH]c3c2CN(S(=O)(=O)c2cc(F)cc(F)c2)CC3)c(NC(=O)C2CCOCC2)c1. The molecule has 11 nitrogen and oxygen atoms in total. The lowest BCUT2D eigenvalue weighted by Crippen LogP contribution is -2.36. The van der Waals surface area contributed by atoms with Gasteiger partial charge in [0.05, 0.1) is 16.1 Å². The maximum Gasteiger partial charge on any atom is 0.258 e. The summed E-state index contributed by atoms with van der Waals surface area (Å²) in [6.07, 6.45) is 1.42. The van der Waals surface area contributed by atoms with Gasteiger partial charge >= 0.3 is 0 Å². The van der Waals surface area contributed by atoms with Gasteiger partial charge in [-0.25, -0.2) is 17.2 Å². The summed E-state index contributed by atoms with van der Waals surface area (Å²) >= 11 is 0. The molecule has 3 N–H and O–H groups in total. The summed E-state index contributed by atoms with van der Waals surface area (Å²) < 4.78 is 60.3. The van der Waals surface area contributed by atoms with Gasteiger partial charge in [0.15, 0.2) is 5.82 Å². The van der Waals surface area contributed by atoms with Crippen molar-refractivity contribution in [2.24, 2.45) is 5.92 Å². The monoisotopic (exact) mass is 588 g/mol. The quantitative estimate of drug-likeness (QED) is 0.386. The molecule has 0 unspecified atom stereocenters. The summed E-state index contributed by atoms with van der Waals surface area (Å²) in [5, 5.41) is 12.6. The van der Waals surface area contributed by atoms with Gasteiger partial charge in [-0.05, 0) is 43.2 Å². The molecule has 2 aromatic carbocycles. The van der Waals surface area contributed by atoms with Gasteiger partial charge in [0.25, 0.3) is 5.91 Å². The van der Waals surface area contributed by atoms with Gasteiger partial charge in [-0.15, -0.1) is 0 Å². The third-order valence-corrected chi connectivity index (χ3v) is 9.04. The number of sulfonamides is 1. The number of carbonyl (C=O) groups excluding carboxylic acids is 2. The van der Waals surface area contributed by atoms with E-state index in [1.807, 2.05) is 19.0 Å². The molecular formula is C27H30F2N6O5S. The molecule has 1 saturated heterocycles. The second-order valence-corrected chi connectivity index (χ2v) is 12.1. The molecule has 0 bridgehead atoms. The van der Waals surface area contributed by atoms with Crippen molar-refractivity contribution in [1.82, 2.24) is 14.5 Å². The molecular weight excluding hydrogens is 558 g/mol. The molecule has 0 saturated carbocycles. The Labute approximate surface area is 235 Å². The smallest absolute Gasteiger partial charge is 0.258 e. The number of hydrogen-bond acceptors (Lipinski definition) is 7. The van der Waals surface area contributed by atoms with Crippen molar-refractivity contribution in [1.29, 1.82) is 0 Å². The van der Waals surface area contributed by atoms with Crippen LogP contribution in [-0.2, 0) is 32.5 Å². The maximum absolute atomic E-state index is 13.8. The van der Waals surface area contributed by atoms with E-state index < -0.39 is 32.5 Å². The average Bonchev–Trinajstić information content (AvgIpc) is 3.34. The molecule has 14 heteroatoms. The molecule has 2 aliphatic heterocycles. The molecule has 3 heterocycles. The maximum atomic E-state index is 13.8. The molecule has 5 rings (SSSR count). The lowest BCUT2D eigenvalue weighted by molar-refractivity contribution is -0.122. The Bertz CT molecular complexity index is 1570. The van der Waals surface area contributed by atoms with E-state index in [1.165, 1.54) is 0 Å². The first-order valence-corrected chi connectivity index (χ1v) is 14.5. The third kappa shape index (κ3) is 6.09. The highest BCUT2D eigenvalue weighted by Crippen LogP contribution is 2.30. The van der Waals surface area contributed by atoms with E-state index in [1.54, 1.807) is 18.2 Å². The number of ether oxygens (including phenoxy) is 1. The highest BCUT2D eigenvalue weighted by molar-refractivity contribution is 7.89. The summed E-state index contributed by atoms with van der Waals surface area (Å²) in [5.41, 5.74) is 2.36. The highest BCUT2D eigenvalue weighted by atomic mass is 32.2. The Morgan fingerprint density at radius 1 is 1.07 bits per heavy atom. The fourth-order valence-corrected chi connectivity index (χ4v) is 6.34. The number of anilines is 3. The van der Waals surface area contributed by atoms with Gasteiger partial charge in [0, 0.05) is 75.7 Å². The van der Waals surface area contributed by atoms with Crippen molar-refractivity contribution in [2.75, 3.05) is 49.4 Å². The van der Waals surface area contributed by atoms with Gasteiger partial charge < -0.3 is 20.3 Å². The number of hydrogen-bond donors (Lipinski definition) is 3. The number of nitrogens with zero attached hydrogens (tertiary/aromatic N) is 3. The first-order valence-electron chi connectivity index (χ1n) is 13.1. The Balaban J connectivity index is 1.38.